The molecule has 1 heterocycles. The van der Waals surface area contributed by atoms with Gasteiger partial charge in [0.15, 0.2) is 0 Å². The Morgan fingerprint density at radius 3 is 2.60 bits per heavy atom. The smallest absolute Gasteiger partial charge is 0.127 e. The van der Waals surface area contributed by atoms with Gasteiger partial charge in [-0.1, -0.05) is 6.92 Å². The number of hydrogen-bond donors (Lipinski definition) is 1. The predicted octanol–water partition coefficient (Wildman–Crippen LogP) is 3.32. The third-order valence-electron chi connectivity index (χ3n) is 4.43. The van der Waals surface area contributed by atoms with Crippen molar-refractivity contribution < 1.29 is 8.78 Å². The number of benzene rings is 1. The molecule has 1 aromatic carbocycles. The fourth-order valence-corrected chi connectivity index (χ4v) is 2.73. The second kappa shape index (κ2) is 5.41. The maximum atomic E-state index is 13.9. The molecule has 112 valence electrons. The van der Waals surface area contributed by atoms with Crippen LogP contribution in [-0.4, -0.2) is 29.1 Å². The van der Waals surface area contributed by atoms with E-state index in [-0.39, 0.29) is 22.7 Å². The fourth-order valence-electron chi connectivity index (χ4n) is 2.73. The zero-order valence-electron chi connectivity index (χ0n) is 12.8. The number of nitrogens with one attached hydrogen (secondary N) is 1. The maximum absolute atomic E-state index is 13.9. The van der Waals surface area contributed by atoms with Crippen molar-refractivity contribution in [1.29, 1.82) is 0 Å². The number of piperazine rings is 1. The molecule has 1 atom stereocenters. The Balaban J connectivity index is 2.25. The molecule has 1 aliphatic rings. The minimum atomic E-state index is -0.381. The van der Waals surface area contributed by atoms with Crippen LogP contribution in [0.2, 0.25) is 0 Å². The Hall–Kier alpha value is -1.00. The van der Waals surface area contributed by atoms with Crippen LogP contribution in [0.25, 0.3) is 0 Å². The van der Waals surface area contributed by atoms with E-state index in [0.717, 1.165) is 19.5 Å². The molecule has 2 nitrogen and oxygen atoms in total. The van der Waals surface area contributed by atoms with E-state index in [0.29, 0.717) is 12.1 Å². The summed E-state index contributed by atoms with van der Waals surface area (Å²) >= 11 is 0. The summed E-state index contributed by atoms with van der Waals surface area (Å²) < 4.78 is 27.2. The van der Waals surface area contributed by atoms with Crippen LogP contribution in [0.1, 0.15) is 39.7 Å². The highest BCUT2D eigenvalue weighted by Crippen LogP contribution is 2.29. The molecule has 1 aromatic rings. The van der Waals surface area contributed by atoms with Crippen molar-refractivity contribution >= 4 is 0 Å². The highest BCUT2D eigenvalue weighted by atomic mass is 19.1. The monoisotopic (exact) mass is 282 g/mol. The molecule has 1 unspecified atom stereocenters. The van der Waals surface area contributed by atoms with Gasteiger partial charge < -0.3 is 5.32 Å². The van der Waals surface area contributed by atoms with Crippen molar-refractivity contribution in [3.63, 3.8) is 0 Å². The summed E-state index contributed by atoms with van der Waals surface area (Å²) in [5, 5.41) is 3.53. The zero-order chi connectivity index (χ0) is 15.0. The highest BCUT2D eigenvalue weighted by Gasteiger charge is 2.39. The lowest BCUT2D eigenvalue weighted by Gasteiger charge is -2.51. The number of halogens is 2. The van der Waals surface area contributed by atoms with Crippen LogP contribution in [0, 0.1) is 11.6 Å². The van der Waals surface area contributed by atoms with Gasteiger partial charge in [0.2, 0.25) is 0 Å². The summed E-state index contributed by atoms with van der Waals surface area (Å²) in [6.45, 7) is 10.7. The highest BCUT2D eigenvalue weighted by molar-refractivity contribution is 5.19. The standard InChI is InChI=1S/C16H24F2N2/c1-5-16(4)10-19-15(2,3)11-20(16)9-12-8-13(17)6-7-14(12)18/h6-8,19H,5,9-11H2,1-4H3. The lowest BCUT2D eigenvalue weighted by Crippen LogP contribution is -2.66. The van der Waals surface area contributed by atoms with Crippen molar-refractivity contribution in [2.75, 3.05) is 13.1 Å². The first-order valence-electron chi connectivity index (χ1n) is 7.20. The lowest BCUT2D eigenvalue weighted by molar-refractivity contribution is 0.0167. The van der Waals surface area contributed by atoms with Crippen molar-refractivity contribution in [2.45, 2.75) is 51.7 Å². The van der Waals surface area contributed by atoms with E-state index >= 15 is 0 Å². The molecule has 1 aliphatic heterocycles. The van der Waals surface area contributed by atoms with Gasteiger partial charge in [-0.25, -0.2) is 8.78 Å². The van der Waals surface area contributed by atoms with Gasteiger partial charge >= 0.3 is 0 Å². The van der Waals surface area contributed by atoms with Crippen LogP contribution in [0.15, 0.2) is 18.2 Å². The first kappa shape index (κ1) is 15.4. The summed E-state index contributed by atoms with van der Waals surface area (Å²) in [5.74, 6) is -0.713. The SMILES string of the molecule is CCC1(C)CNC(C)(C)CN1Cc1cc(F)ccc1F. The van der Waals surface area contributed by atoms with Crippen molar-refractivity contribution in [3.8, 4) is 0 Å². The second-order valence-corrected chi connectivity index (χ2v) is 6.68. The molecule has 0 bridgehead atoms. The normalized spacial score (nSPS) is 26.7. The van der Waals surface area contributed by atoms with E-state index in [9.17, 15) is 8.78 Å². The van der Waals surface area contributed by atoms with E-state index in [4.69, 9.17) is 0 Å². The molecular formula is C16H24F2N2. The molecular weight excluding hydrogens is 258 g/mol. The Morgan fingerprint density at radius 2 is 1.95 bits per heavy atom. The van der Waals surface area contributed by atoms with Crippen LogP contribution < -0.4 is 5.32 Å². The number of nitrogens with zero attached hydrogens (tertiary/aromatic N) is 1. The van der Waals surface area contributed by atoms with Gasteiger partial charge in [0, 0.05) is 36.3 Å². The average molecular weight is 282 g/mol. The second-order valence-electron chi connectivity index (χ2n) is 6.68. The molecule has 0 saturated carbocycles. The Bertz CT molecular complexity index is 487. The van der Waals surface area contributed by atoms with Crippen molar-refractivity contribution in [2.24, 2.45) is 0 Å². The molecule has 1 N–H and O–H groups in total. The maximum Gasteiger partial charge on any atom is 0.127 e. The van der Waals surface area contributed by atoms with E-state index in [2.05, 4.69) is 37.9 Å². The van der Waals surface area contributed by atoms with Gasteiger partial charge in [0.25, 0.3) is 0 Å². The van der Waals surface area contributed by atoms with E-state index < -0.39 is 0 Å². The van der Waals surface area contributed by atoms with Gasteiger partial charge in [-0.15, -0.1) is 0 Å². The van der Waals surface area contributed by atoms with Crippen molar-refractivity contribution in [3.05, 3.63) is 35.4 Å². The molecule has 20 heavy (non-hydrogen) atoms. The van der Waals surface area contributed by atoms with Crippen LogP contribution in [0.3, 0.4) is 0 Å². The molecule has 1 saturated heterocycles. The van der Waals surface area contributed by atoms with Crippen LogP contribution >= 0.6 is 0 Å². The summed E-state index contributed by atoms with van der Waals surface area (Å²) in [6, 6.07) is 3.68. The minimum Gasteiger partial charge on any atom is -0.309 e. The molecule has 1 fully saturated rings. The quantitative estimate of drug-likeness (QED) is 0.915. The number of hydrogen-bond acceptors (Lipinski definition) is 2. The molecule has 0 amide bonds. The number of rotatable bonds is 3. The topological polar surface area (TPSA) is 15.3 Å². The minimum absolute atomic E-state index is 0.0154. The van der Waals surface area contributed by atoms with Gasteiger partial charge in [0.1, 0.15) is 11.6 Å². The summed E-state index contributed by atoms with van der Waals surface area (Å²) in [7, 11) is 0. The van der Waals surface area contributed by atoms with Crippen molar-refractivity contribution in [1.82, 2.24) is 10.2 Å². The molecule has 0 radical (unpaired) electrons. The van der Waals surface area contributed by atoms with Gasteiger partial charge in [-0.3, -0.25) is 4.90 Å². The fraction of sp³-hybridized carbons (Fsp3) is 0.625. The molecule has 2 rings (SSSR count). The van der Waals surface area contributed by atoms with E-state index in [1.165, 1.54) is 18.2 Å². The third kappa shape index (κ3) is 3.18. The third-order valence-corrected chi connectivity index (χ3v) is 4.43. The Kier molecular flexibility index (Phi) is 4.17. The largest absolute Gasteiger partial charge is 0.309 e. The van der Waals surface area contributed by atoms with Crippen LogP contribution in [0.4, 0.5) is 8.78 Å². The predicted molar refractivity (Wildman–Crippen MR) is 77.5 cm³/mol. The molecule has 0 aromatic heterocycles. The average Bonchev–Trinajstić information content (AvgIpc) is 2.38. The summed E-state index contributed by atoms with van der Waals surface area (Å²) in [5.41, 5.74) is 0.384. The van der Waals surface area contributed by atoms with Crippen LogP contribution in [-0.2, 0) is 6.54 Å². The van der Waals surface area contributed by atoms with E-state index in [1.54, 1.807) is 0 Å². The van der Waals surface area contributed by atoms with Gasteiger partial charge in [-0.05, 0) is 45.4 Å². The van der Waals surface area contributed by atoms with Gasteiger partial charge in [-0.2, -0.15) is 0 Å². The molecule has 0 spiro atoms. The summed E-state index contributed by atoms with van der Waals surface area (Å²) in [6.07, 6.45) is 0.965. The summed E-state index contributed by atoms with van der Waals surface area (Å²) in [4.78, 5) is 2.27. The Morgan fingerprint density at radius 1 is 1.25 bits per heavy atom. The Labute approximate surface area is 120 Å². The zero-order valence-corrected chi connectivity index (χ0v) is 12.8. The first-order valence-corrected chi connectivity index (χ1v) is 7.20. The molecule has 4 heteroatoms. The lowest BCUT2D eigenvalue weighted by atomic mass is 9.87. The van der Waals surface area contributed by atoms with Crippen LogP contribution in [0.5, 0.6) is 0 Å². The first-order chi connectivity index (χ1) is 9.26. The molecule has 0 aliphatic carbocycles. The van der Waals surface area contributed by atoms with E-state index in [1.807, 2.05) is 0 Å². The van der Waals surface area contributed by atoms with Gasteiger partial charge in [0.05, 0.1) is 0 Å².